The van der Waals surface area contributed by atoms with Gasteiger partial charge in [-0.2, -0.15) is 4.89 Å². The lowest BCUT2D eigenvalue weighted by molar-refractivity contribution is -0.312. The summed E-state index contributed by atoms with van der Waals surface area (Å²) in [6, 6.07) is 23.4. The molecule has 4 heteroatoms. The molecule has 0 heterocycles. The topological polar surface area (TPSA) is 52.6 Å². The molecule has 0 saturated carbocycles. The zero-order chi connectivity index (χ0) is 21.7. The van der Waals surface area contributed by atoms with Crippen molar-refractivity contribution in [1.82, 2.24) is 0 Å². The molecule has 0 spiro atoms. The summed E-state index contributed by atoms with van der Waals surface area (Å²) >= 11 is 0. The van der Waals surface area contributed by atoms with Crippen molar-refractivity contribution < 1.29 is 19.4 Å². The Morgan fingerprint density at radius 1 is 0.767 bits per heavy atom. The van der Waals surface area contributed by atoms with Crippen LogP contribution in [-0.4, -0.2) is 11.8 Å². The molecule has 0 bridgehead atoms. The first-order chi connectivity index (χ1) is 14.3. The molecule has 0 unspecified atom stereocenters. The Kier molecular flexibility index (Phi) is 6.48. The van der Waals surface area contributed by atoms with Gasteiger partial charge in [-0.25, -0.2) is 4.79 Å². The zero-order valence-corrected chi connectivity index (χ0v) is 17.7. The molecule has 3 aromatic rings. The number of benzene rings is 3. The van der Waals surface area contributed by atoms with Crippen LogP contribution in [0.1, 0.15) is 71.0 Å². The lowest BCUT2D eigenvalue weighted by atomic mass is 9.94. The monoisotopic (exact) mass is 402 g/mol. The van der Waals surface area contributed by atoms with Crippen LogP contribution in [0.15, 0.2) is 78.9 Å². The van der Waals surface area contributed by atoms with Crippen molar-refractivity contribution in [1.29, 1.82) is 0 Å². The van der Waals surface area contributed by atoms with E-state index in [0.29, 0.717) is 11.5 Å². The Bertz CT molecular complexity index is 1020. The fourth-order valence-corrected chi connectivity index (χ4v) is 3.11. The minimum Gasteiger partial charge on any atom is -0.292 e. The molecular formula is C26H26O4. The van der Waals surface area contributed by atoms with E-state index in [1.807, 2.05) is 44.2 Å². The number of rotatable bonds is 7. The summed E-state index contributed by atoms with van der Waals surface area (Å²) < 4.78 is 0. The highest BCUT2D eigenvalue weighted by molar-refractivity contribution is 6.14. The molecule has 0 fully saturated rings. The van der Waals surface area contributed by atoms with Crippen LogP contribution in [0, 0.1) is 0 Å². The van der Waals surface area contributed by atoms with Gasteiger partial charge in [-0.1, -0.05) is 86.6 Å². The van der Waals surface area contributed by atoms with Crippen LogP contribution in [0.2, 0.25) is 0 Å². The zero-order valence-electron chi connectivity index (χ0n) is 17.7. The second kappa shape index (κ2) is 9.06. The highest BCUT2D eigenvalue weighted by Gasteiger charge is 2.27. The minimum atomic E-state index is -0.844. The summed E-state index contributed by atoms with van der Waals surface area (Å²) in [6.07, 6.45) is 0. The van der Waals surface area contributed by atoms with Gasteiger partial charge < -0.3 is 0 Å². The molecule has 0 amide bonds. The Balaban J connectivity index is 1.76. The third kappa shape index (κ3) is 4.84. The van der Waals surface area contributed by atoms with Crippen molar-refractivity contribution >= 4 is 11.8 Å². The molecule has 3 aromatic carbocycles. The van der Waals surface area contributed by atoms with Gasteiger partial charge in [0.25, 0.3) is 0 Å². The second-order valence-corrected chi connectivity index (χ2v) is 7.98. The first kappa shape index (κ1) is 21.5. The lowest BCUT2D eigenvalue weighted by Gasteiger charge is -2.24. The third-order valence-electron chi connectivity index (χ3n) is 5.03. The molecule has 30 heavy (non-hydrogen) atoms. The number of hydrogen-bond donors (Lipinski definition) is 0. The van der Waals surface area contributed by atoms with Gasteiger partial charge >= 0.3 is 5.97 Å². The molecule has 0 aliphatic carbocycles. The van der Waals surface area contributed by atoms with Gasteiger partial charge in [0.1, 0.15) is 5.60 Å². The number of hydrogen-bond acceptors (Lipinski definition) is 4. The molecule has 0 aliphatic heterocycles. The van der Waals surface area contributed by atoms with Crippen molar-refractivity contribution in [2.24, 2.45) is 0 Å². The van der Waals surface area contributed by atoms with Crippen molar-refractivity contribution in [2.45, 2.75) is 39.2 Å². The standard InChI is InChI=1S/C26H26O4/c1-18(2)19-14-16-21(17-15-19)26(3,4)30-29-25(28)23-13-9-8-12-22(23)24(27)20-10-6-5-7-11-20/h5-18H,1-4H3. The van der Waals surface area contributed by atoms with E-state index in [0.717, 1.165) is 5.56 Å². The van der Waals surface area contributed by atoms with E-state index in [1.165, 1.54) is 5.56 Å². The highest BCUT2D eigenvalue weighted by Crippen LogP contribution is 2.27. The predicted octanol–water partition coefficient (Wildman–Crippen LogP) is 6.06. The Morgan fingerprint density at radius 2 is 1.33 bits per heavy atom. The number of carbonyl (C=O) groups excluding carboxylic acids is 2. The molecule has 0 aliphatic rings. The van der Waals surface area contributed by atoms with Crippen LogP contribution < -0.4 is 0 Å². The maximum atomic E-state index is 12.8. The first-order valence-corrected chi connectivity index (χ1v) is 9.99. The number of carbonyl (C=O) groups is 2. The summed E-state index contributed by atoms with van der Waals surface area (Å²) in [5.74, 6) is -0.520. The van der Waals surface area contributed by atoms with E-state index in [-0.39, 0.29) is 16.9 Å². The van der Waals surface area contributed by atoms with E-state index in [9.17, 15) is 9.59 Å². The molecule has 0 N–H and O–H groups in total. The van der Waals surface area contributed by atoms with Crippen molar-refractivity contribution in [3.05, 3.63) is 107 Å². The summed E-state index contributed by atoms with van der Waals surface area (Å²) in [7, 11) is 0. The van der Waals surface area contributed by atoms with E-state index in [2.05, 4.69) is 13.8 Å². The van der Waals surface area contributed by atoms with Crippen LogP contribution in [-0.2, 0) is 15.4 Å². The fraction of sp³-hybridized carbons (Fsp3) is 0.231. The fourth-order valence-electron chi connectivity index (χ4n) is 3.11. The van der Waals surface area contributed by atoms with E-state index in [4.69, 9.17) is 9.78 Å². The molecule has 0 aromatic heterocycles. The van der Waals surface area contributed by atoms with Crippen LogP contribution in [0.3, 0.4) is 0 Å². The largest absolute Gasteiger partial charge is 0.373 e. The maximum Gasteiger partial charge on any atom is 0.373 e. The first-order valence-electron chi connectivity index (χ1n) is 9.99. The van der Waals surface area contributed by atoms with Crippen LogP contribution >= 0.6 is 0 Å². The normalized spacial score (nSPS) is 11.4. The van der Waals surface area contributed by atoms with E-state index >= 15 is 0 Å². The third-order valence-corrected chi connectivity index (χ3v) is 5.03. The lowest BCUT2D eigenvalue weighted by Crippen LogP contribution is -2.24. The van der Waals surface area contributed by atoms with Crippen molar-refractivity contribution in [2.75, 3.05) is 0 Å². The van der Waals surface area contributed by atoms with Gasteiger partial charge in [0.2, 0.25) is 0 Å². The van der Waals surface area contributed by atoms with E-state index in [1.54, 1.807) is 48.5 Å². The van der Waals surface area contributed by atoms with Gasteiger partial charge in [-0.15, -0.1) is 0 Å². The summed E-state index contributed by atoms with van der Waals surface area (Å²) in [6.45, 7) is 7.91. The van der Waals surface area contributed by atoms with Crippen LogP contribution in [0.5, 0.6) is 0 Å². The predicted molar refractivity (Wildman–Crippen MR) is 116 cm³/mol. The quantitative estimate of drug-likeness (QED) is 0.274. The van der Waals surface area contributed by atoms with Gasteiger partial charge in [-0.05, 0) is 37.0 Å². The average molecular weight is 402 g/mol. The van der Waals surface area contributed by atoms with Crippen molar-refractivity contribution in [3.63, 3.8) is 0 Å². The molecule has 0 radical (unpaired) electrons. The van der Waals surface area contributed by atoms with Crippen LogP contribution in [0.4, 0.5) is 0 Å². The minimum absolute atomic E-state index is 0.164. The van der Waals surface area contributed by atoms with Crippen LogP contribution in [0.25, 0.3) is 0 Å². The maximum absolute atomic E-state index is 12.8. The molecule has 154 valence electrons. The van der Waals surface area contributed by atoms with Gasteiger partial charge in [0.05, 0.1) is 5.56 Å². The Morgan fingerprint density at radius 3 is 1.93 bits per heavy atom. The summed E-state index contributed by atoms with van der Waals surface area (Å²) in [5, 5.41) is 0. The van der Waals surface area contributed by atoms with E-state index < -0.39 is 11.6 Å². The number of ketones is 1. The van der Waals surface area contributed by atoms with Gasteiger partial charge in [-0.3, -0.25) is 9.68 Å². The molecule has 4 nitrogen and oxygen atoms in total. The summed E-state index contributed by atoms with van der Waals surface area (Å²) in [4.78, 5) is 36.2. The highest BCUT2D eigenvalue weighted by atomic mass is 17.2. The summed E-state index contributed by atoms with van der Waals surface area (Å²) in [5.41, 5.74) is 2.20. The second-order valence-electron chi connectivity index (χ2n) is 7.98. The molecule has 0 saturated heterocycles. The molecular weight excluding hydrogens is 376 g/mol. The SMILES string of the molecule is CC(C)c1ccc(C(C)(C)OOC(=O)c2ccccc2C(=O)c2ccccc2)cc1. The molecule has 0 atom stereocenters. The van der Waals surface area contributed by atoms with Crippen molar-refractivity contribution in [3.8, 4) is 0 Å². The molecule has 3 rings (SSSR count). The average Bonchev–Trinajstić information content (AvgIpc) is 2.77. The Hall–Kier alpha value is -3.24. The Labute approximate surface area is 177 Å². The van der Waals surface area contributed by atoms with Gasteiger partial charge in [0, 0.05) is 11.1 Å². The smallest absolute Gasteiger partial charge is 0.292 e. The van der Waals surface area contributed by atoms with Gasteiger partial charge in [0.15, 0.2) is 5.78 Å².